The second-order valence-electron chi connectivity index (χ2n) is 3.49. The van der Waals surface area contributed by atoms with E-state index in [-0.39, 0.29) is 11.7 Å². The number of carbonyl (C=O) groups is 1. The molecular formula is C11H12BrClINO. The summed E-state index contributed by atoms with van der Waals surface area (Å²) in [5, 5.41) is 0.531. The van der Waals surface area contributed by atoms with Gasteiger partial charge in [0.15, 0.2) is 5.78 Å². The number of hydrogen-bond acceptors (Lipinski definition) is 2. The molecule has 1 aromatic rings. The minimum Gasteiger partial charge on any atom is -0.398 e. The van der Waals surface area contributed by atoms with E-state index >= 15 is 0 Å². The quantitative estimate of drug-likeness (QED) is 0.338. The number of nitrogens with two attached hydrogens (primary N) is 1. The molecule has 88 valence electrons. The largest absolute Gasteiger partial charge is 0.398 e. The summed E-state index contributed by atoms with van der Waals surface area (Å²) in [5.74, 6) is 0.298. The van der Waals surface area contributed by atoms with Crippen molar-refractivity contribution in [2.75, 3.05) is 10.7 Å². The molecule has 2 nitrogen and oxygen atoms in total. The summed E-state index contributed by atoms with van der Waals surface area (Å²) < 4.78 is 0.726. The molecule has 16 heavy (non-hydrogen) atoms. The molecule has 0 heterocycles. The Morgan fingerprint density at radius 2 is 2.06 bits per heavy atom. The number of nitrogen functional groups attached to an aromatic ring is 1. The van der Waals surface area contributed by atoms with E-state index in [1.807, 2.05) is 4.93 Å². The van der Waals surface area contributed by atoms with E-state index in [1.54, 1.807) is 12.1 Å². The van der Waals surface area contributed by atoms with E-state index in [1.165, 1.54) is 0 Å². The molecule has 0 amide bonds. The van der Waals surface area contributed by atoms with Crippen molar-refractivity contribution < 1.29 is 4.79 Å². The number of hydrogen-bond donors (Lipinski definition) is 1. The molecule has 2 rings (SSSR count). The van der Waals surface area contributed by atoms with Gasteiger partial charge in [-0.05, 0) is 45.8 Å². The van der Waals surface area contributed by atoms with E-state index in [9.17, 15) is 4.79 Å². The summed E-state index contributed by atoms with van der Waals surface area (Å²) in [6.45, 7) is 0. The number of anilines is 1. The van der Waals surface area contributed by atoms with Gasteiger partial charge in [0, 0.05) is 21.6 Å². The van der Waals surface area contributed by atoms with Crippen molar-refractivity contribution in [1.82, 2.24) is 0 Å². The first kappa shape index (κ1) is 14.3. The lowest BCUT2D eigenvalue weighted by molar-refractivity contribution is 0.0968. The van der Waals surface area contributed by atoms with Gasteiger partial charge in [-0.2, -0.15) is 0 Å². The number of Topliss-reactive ketones (excluding diaryl/α,β-unsaturated/α-hetero) is 1. The second-order valence-corrected chi connectivity index (χ2v) is 4.75. The van der Waals surface area contributed by atoms with Crippen LogP contribution in [0.2, 0.25) is 5.02 Å². The van der Waals surface area contributed by atoms with Crippen molar-refractivity contribution >= 4 is 61.6 Å². The van der Waals surface area contributed by atoms with Crippen LogP contribution in [0.4, 0.5) is 5.69 Å². The Labute approximate surface area is 122 Å². The third-order valence-electron chi connectivity index (χ3n) is 2.31. The van der Waals surface area contributed by atoms with Crippen molar-refractivity contribution in [1.29, 1.82) is 0 Å². The highest BCUT2D eigenvalue weighted by Gasteiger charge is 2.31. The maximum atomic E-state index is 11.7. The minimum absolute atomic E-state index is 0.122. The van der Waals surface area contributed by atoms with E-state index in [4.69, 9.17) is 17.3 Å². The highest BCUT2D eigenvalue weighted by atomic mass is 127. The summed E-state index contributed by atoms with van der Waals surface area (Å²) in [4.78, 5) is 13.7. The average Bonchev–Trinajstić information content (AvgIpc) is 3.09. The maximum absolute atomic E-state index is 11.7. The molecule has 0 radical (unpaired) electrons. The molecule has 0 saturated heterocycles. The van der Waals surface area contributed by atoms with Gasteiger partial charge in [-0.15, -0.1) is 0 Å². The lowest BCUT2D eigenvalue weighted by atomic mass is 10.1. The molecule has 0 aliphatic heterocycles. The van der Waals surface area contributed by atoms with Gasteiger partial charge in [0.2, 0.25) is 0 Å². The predicted octanol–water partition coefficient (Wildman–Crippen LogP) is 4.33. The molecule has 1 saturated carbocycles. The van der Waals surface area contributed by atoms with Crippen LogP contribution in [0, 0.1) is 5.92 Å². The van der Waals surface area contributed by atoms with Gasteiger partial charge < -0.3 is 5.73 Å². The molecular weight excluding hydrogens is 404 g/mol. The fourth-order valence-electron chi connectivity index (χ4n) is 1.34. The van der Waals surface area contributed by atoms with Gasteiger partial charge in [-0.1, -0.05) is 34.2 Å². The van der Waals surface area contributed by atoms with Crippen LogP contribution in [0.25, 0.3) is 0 Å². The molecule has 5 heteroatoms. The summed E-state index contributed by atoms with van der Waals surface area (Å²) in [6.07, 6.45) is 1.96. The zero-order chi connectivity index (χ0) is 12.3. The highest BCUT2D eigenvalue weighted by Crippen LogP contribution is 2.36. The van der Waals surface area contributed by atoms with Gasteiger partial charge in [0.1, 0.15) is 0 Å². The molecule has 0 atom stereocenters. The Hall–Kier alpha value is 0.190. The number of rotatable bonds is 2. The number of alkyl halides is 1. The van der Waals surface area contributed by atoms with E-state index in [0.717, 1.165) is 17.3 Å². The molecule has 0 aromatic heterocycles. The summed E-state index contributed by atoms with van der Waals surface area (Å²) in [6, 6.07) is 3.32. The lowest BCUT2D eigenvalue weighted by Crippen LogP contribution is -2.05. The number of ketones is 1. The highest BCUT2D eigenvalue weighted by molar-refractivity contribution is 14.1. The Bertz CT molecular complexity index is 407. The van der Waals surface area contributed by atoms with E-state index in [2.05, 4.69) is 38.5 Å². The van der Waals surface area contributed by atoms with Crippen LogP contribution in [0.1, 0.15) is 23.2 Å². The normalized spacial score (nSPS) is 14.0. The van der Waals surface area contributed by atoms with Gasteiger partial charge >= 0.3 is 0 Å². The van der Waals surface area contributed by atoms with Crippen molar-refractivity contribution in [3.63, 3.8) is 0 Å². The molecule has 0 bridgehead atoms. The first-order chi connectivity index (χ1) is 7.59. The number of halogens is 3. The van der Waals surface area contributed by atoms with Crippen LogP contribution in [0.15, 0.2) is 16.6 Å². The summed E-state index contributed by atoms with van der Waals surface area (Å²) in [5.41, 5.74) is 6.80. The molecule has 0 unspecified atom stereocenters. The van der Waals surface area contributed by atoms with Crippen LogP contribution in [-0.2, 0) is 0 Å². The SMILES string of the molecule is CI.Nc1cc(Br)c(Cl)cc1C(=O)C1CC1. The Kier molecular flexibility index (Phi) is 5.53. The van der Waals surface area contributed by atoms with Gasteiger partial charge in [0.05, 0.1) is 5.02 Å². The first-order valence-corrected chi connectivity index (χ1v) is 8.09. The van der Waals surface area contributed by atoms with E-state index < -0.39 is 0 Å². The Morgan fingerprint density at radius 1 is 1.50 bits per heavy atom. The third-order valence-corrected chi connectivity index (χ3v) is 3.50. The predicted molar refractivity (Wildman–Crippen MR) is 80.6 cm³/mol. The topological polar surface area (TPSA) is 43.1 Å². The summed E-state index contributed by atoms with van der Waals surface area (Å²) in [7, 11) is 0. The van der Waals surface area contributed by atoms with Crippen LogP contribution in [0.5, 0.6) is 0 Å². The lowest BCUT2D eigenvalue weighted by Gasteiger charge is -2.05. The zero-order valence-electron chi connectivity index (χ0n) is 8.77. The molecule has 2 N–H and O–H groups in total. The van der Waals surface area contributed by atoms with Gasteiger partial charge in [-0.3, -0.25) is 4.79 Å². The molecule has 1 fully saturated rings. The molecule has 0 spiro atoms. The number of benzene rings is 1. The smallest absolute Gasteiger partial charge is 0.168 e. The minimum atomic E-state index is 0.122. The number of carbonyl (C=O) groups excluding carboxylic acids is 1. The fraction of sp³-hybridized carbons (Fsp3) is 0.364. The maximum Gasteiger partial charge on any atom is 0.168 e. The average molecular weight is 416 g/mol. The van der Waals surface area contributed by atoms with E-state index in [0.29, 0.717) is 16.3 Å². The monoisotopic (exact) mass is 415 g/mol. The van der Waals surface area contributed by atoms with Crippen LogP contribution < -0.4 is 5.73 Å². The zero-order valence-corrected chi connectivity index (χ0v) is 13.3. The first-order valence-electron chi connectivity index (χ1n) is 4.76. The van der Waals surface area contributed by atoms with Gasteiger partial charge in [-0.25, -0.2) is 0 Å². The second kappa shape index (κ2) is 6.21. The van der Waals surface area contributed by atoms with Crippen molar-refractivity contribution in [3.8, 4) is 0 Å². The van der Waals surface area contributed by atoms with Crippen LogP contribution >= 0.6 is 50.1 Å². The van der Waals surface area contributed by atoms with Crippen LogP contribution in [-0.4, -0.2) is 10.7 Å². The van der Waals surface area contributed by atoms with Crippen molar-refractivity contribution in [2.45, 2.75) is 12.8 Å². The fourth-order valence-corrected chi connectivity index (χ4v) is 1.87. The van der Waals surface area contributed by atoms with Crippen molar-refractivity contribution in [3.05, 3.63) is 27.2 Å². The molecule has 1 aliphatic rings. The van der Waals surface area contributed by atoms with Crippen LogP contribution in [0.3, 0.4) is 0 Å². The standard InChI is InChI=1S/C10H9BrClNO.CH3I/c11-7-4-9(13)6(3-8(7)12)10(14)5-1-2-5;1-2/h3-5H,1-2,13H2;1H3. The Balaban J connectivity index is 0.000000606. The molecule has 1 aliphatic carbocycles. The van der Waals surface area contributed by atoms with Crippen molar-refractivity contribution in [2.24, 2.45) is 5.92 Å². The van der Waals surface area contributed by atoms with Gasteiger partial charge in [0.25, 0.3) is 0 Å². The Morgan fingerprint density at radius 3 is 2.56 bits per heavy atom. The summed E-state index contributed by atoms with van der Waals surface area (Å²) >= 11 is 11.3. The molecule has 1 aromatic carbocycles. The third kappa shape index (κ3) is 3.34.